The summed E-state index contributed by atoms with van der Waals surface area (Å²) in [5.41, 5.74) is -0.454. The number of para-hydroxylation sites is 1. The average Bonchev–Trinajstić information content (AvgIpc) is 3.05. The standard InChI is InChI=1S/C17H15FN2O3S/c18-16-7-4-8-17(15(16)11-19)24(21,22)20-10-9-14(12-20)23-13-5-2-1-3-6-13/h1-8,14H,9-10,12H2/t14-/m1/s1. The third-order valence-corrected chi connectivity index (χ3v) is 5.77. The molecule has 0 bridgehead atoms. The smallest absolute Gasteiger partial charge is 0.244 e. The van der Waals surface area contributed by atoms with Crippen molar-refractivity contribution in [3.8, 4) is 11.8 Å². The van der Waals surface area contributed by atoms with Crippen molar-refractivity contribution in [3.63, 3.8) is 0 Å². The molecule has 1 aliphatic rings. The second kappa shape index (κ2) is 6.59. The molecular weight excluding hydrogens is 331 g/mol. The number of nitriles is 1. The molecule has 2 aromatic carbocycles. The van der Waals surface area contributed by atoms with Crippen molar-refractivity contribution in [1.29, 1.82) is 5.26 Å². The zero-order valence-corrected chi connectivity index (χ0v) is 13.5. The fraction of sp³-hybridized carbons (Fsp3) is 0.235. The highest BCUT2D eigenvalue weighted by Crippen LogP contribution is 2.26. The van der Waals surface area contributed by atoms with E-state index in [4.69, 9.17) is 10.00 Å². The first-order valence-corrected chi connectivity index (χ1v) is 8.87. The van der Waals surface area contributed by atoms with E-state index in [1.807, 2.05) is 18.2 Å². The molecule has 1 saturated heterocycles. The summed E-state index contributed by atoms with van der Waals surface area (Å²) in [7, 11) is -3.94. The molecule has 3 rings (SSSR count). The zero-order chi connectivity index (χ0) is 17.2. The zero-order valence-electron chi connectivity index (χ0n) is 12.7. The average molecular weight is 346 g/mol. The van der Waals surface area contributed by atoms with Gasteiger partial charge in [0.1, 0.15) is 34.2 Å². The van der Waals surface area contributed by atoms with Crippen LogP contribution in [0.2, 0.25) is 0 Å². The van der Waals surface area contributed by atoms with Crippen LogP contribution in [0.5, 0.6) is 5.75 Å². The van der Waals surface area contributed by atoms with E-state index < -0.39 is 21.4 Å². The maximum absolute atomic E-state index is 13.7. The van der Waals surface area contributed by atoms with Crippen molar-refractivity contribution >= 4 is 10.0 Å². The molecule has 0 aromatic heterocycles. The van der Waals surface area contributed by atoms with Gasteiger partial charge in [-0.05, 0) is 30.7 Å². The lowest BCUT2D eigenvalue weighted by molar-refractivity contribution is 0.215. The lowest BCUT2D eigenvalue weighted by Gasteiger charge is -2.18. The molecule has 0 radical (unpaired) electrons. The molecule has 24 heavy (non-hydrogen) atoms. The van der Waals surface area contributed by atoms with Gasteiger partial charge in [0.25, 0.3) is 0 Å². The summed E-state index contributed by atoms with van der Waals surface area (Å²) < 4.78 is 46.1. The first-order valence-electron chi connectivity index (χ1n) is 7.43. The van der Waals surface area contributed by atoms with E-state index in [0.717, 1.165) is 6.07 Å². The Bertz CT molecular complexity index is 878. The Hall–Kier alpha value is -2.43. The molecule has 1 atom stereocenters. The topological polar surface area (TPSA) is 70.4 Å². The molecule has 1 fully saturated rings. The van der Waals surface area contributed by atoms with Crippen LogP contribution >= 0.6 is 0 Å². The van der Waals surface area contributed by atoms with Crippen LogP contribution in [0.3, 0.4) is 0 Å². The van der Waals surface area contributed by atoms with Gasteiger partial charge in [0.15, 0.2) is 0 Å². The highest BCUT2D eigenvalue weighted by atomic mass is 32.2. The quantitative estimate of drug-likeness (QED) is 0.853. The van der Waals surface area contributed by atoms with Crippen LogP contribution in [0.15, 0.2) is 53.4 Å². The summed E-state index contributed by atoms with van der Waals surface area (Å²) in [6, 6.07) is 14.4. The third kappa shape index (κ3) is 3.11. The molecule has 0 N–H and O–H groups in total. The van der Waals surface area contributed by atoms with Crippen molar-refractivity contribution in [3.05, 3.63) is 59.9 Å². The van der Waals surface area contributed by atoms with E-state index in [2.05, 4.69) is 0 Å². The molecule has 7 heteroatoms. The van der Waals surface area contributed by atoms with Crippen LogP contribution in [0.25, 0.3) is 0 Å². The third-order valence-electron chi connectivity index (χ3n) is 3.86. The summed E-state index contributed by atoms with van der Waals surface area (Å²) >= 11 is 0. The van der Waals surface area contributed by atoms with E-state index in [1.54, 1.807) is 18.2 Å². The Morgan fingerprint density at radius 3 is 2.62 bits per heavy atom. The summed E-state index contributed by atoms with van der Waals surface area (Å²) in [6.07, 6.45) is 0.256. The predicted molar refractivity (Wildman–Crippen MR) is 85.3 cm³/mol. The van der Waals surface area contributed by atoms with Crippen molar-refractivity contribution < 1.29 is 17.5 Å². The molecule has 1 aliphatic heterocycles. The number of ether oxygens (including phenoxy) is 1. The number of sulfonamides is 1. The molecule has 0 aliphatic carbocycles. The molecule has 0 unspecified atom stereocenters. The highest BCUT2D eigenvalue weighted by molar-refractivity contribution is 7.89. The summed E-state index contributed by atoms with van der Waals surface area (Å²) in [5, 5.41) is 9.05. The van der Waals surface area contributed by atoms with E-state index in [-0.39, 0.29) is 24.1 Å². The monoisotopic (exact) mass is 346 g/mol. The van der Waals surface area contributed by atoms with Gasteiger partial charge in [-0.2, -0.15) is 9.57 Å². The van der Waals surface area contributed by atoms with Crippen LogP contribution in [-0.4, -0.2) is 31.9 Å². The number of nitrogens with zero attached hydrogens (tertiary/aromatic N) is 2. The highest BCUT2D eigenvalue weighted by Gasteiger charge is 2.35. The number of rotatable bonds is 4. The number of halogens is 1. The van der Waals surface area contributed by atoms with Gasteiger partial charge in [-0.25, -0.2) is 12.8 Å². The lowest BCUT2D eigenvalue weighted by atomic mass is 10.2. The minimum atomic E-state index is -3.94. The minimum Gasteiger partial charge on any atom is -0.489 e. The van der Waals surface area contributed by atoms with Gasteiger partial charge in [0.2, 0.25) is 10.0 Å². The van der Waals surface area contributed by atoms with Crippen LogP contribution < -0.4 is 4.74 Å². The van der Waals surface area contributed by atoms with Gasteiger partial charge in [-0.15, -0.1) is 0 Å². The second-order valence-corrected chi connectivity index (χ2v) is 7.34. The van der Waals surface area contributed by atoms with Gasteiger partial charge in [-0.1, -0.05) is 24.3 Å². The fourth-order valence-corrected chi connectivity index (χ4v) is 4.31. The second-order valence-electron chi connectivity index (χ2n) is 5.43. The molecule has 0 saturated carbocycles. The Balaban J connectivity index is 1.80. The van der Waals surface area contributed by atoms with Crippen molar-refractivity contribution in [2.45, 2.75) is 17.4 Å². The molecular formula is C17H15FN2O3S. The van der Waals surface area contributed by atoms with Crippen LogP contribution in [-0.2, 0) is 10.0 Å². The maximum atomic E-state index is 13.7. The summed E-state index contributed by atoms with van der Waals surface area (Å²) in [4.78, 5) is -0.301. The van der Waals surface area contributed by atoms with Gasteiger partial charge in [0.05, 0.1) is 6.54 Å². The van der Waals surface area contributed by atoms with Crippen LogP contribution in [0.1, 0.15) is 12.0 Å². The first kappa shape index (κ1) is 16.4. The van der Waals surface area contributed by atoms with E-state index in [1.165, 1.54) is 16.4 Å². The Morgan fingerprint density at radius 1 is 1.17 bits per heavy atom. The predicted octanol–water partition coefficient (Wildman–Crippen LogP) is 2.54. The molecule has 2 aromatic rings. The molecule has 0 amide bonds. The summed E-state index contributed by atoms with van der Waals surface area (Å²) in [5.74, 6) is -0.167. The van der Waals surface area contributed by atoms with Crippen molar-refractivity contribution in [1.82, 2.24) is 4.31 Å². The van der Waals surface area contributed by atoms with E-state index in [9.17, 15) is 12.8 Å². The Kier molecular flexibility index (Phi) is 4.51. The number of benzene rings is 2. The minimum absolute atomic E-state index is 0.165. The number of hydrogen-bond donors (Lipinski definition) is 0. The Labute approximate surface area is 139 Å². The first-order chi connectivity index (χ1) is 11.5. The maximum Gasteiger partial charge on any atom is 0.244 e. The van der Waals surface area contributed by atoms with Gasteiger partial charge in [0, 0.05) is 6.54 Å². The largest absolute Gasteiger partial charge is 0.489 e. The van der Waals surface area contributed by atoms with Crippen LogP contribution in [0.4, 0.5) is 4.39 Å². The van der Waals surface area contributed by atoms with Gasteiger partial charge < -0.3 is 4.74 Å². The molecule has 124 valence electrons. The van der Waals surface area contributed by atoms with Crippen molar-refractivity contribution in [2.75, 3.05) is 13.1 Å². The van der Waals surface area contributed by atoms with Crippen LogP contribution in [0, 0.1) is 17.1 Å². The molecule has 5 nitrogen and oxygen atoms in total. The van der Waals surface area contributed by atoms with Crippen molar-refractivity contribution in [2.24, 2.45) is 0 Å². The molecule has 1 heterocycles. The Morgan fingerprint density at radius 2 is 1.92 bits per heavy atom. The van der Waals surface area contributed by atoms with E-state index in [0.29, 0.717) is 12.2 Å². The number of hydrogen-bond acceptors (Lipinski definition) is 4. The normalized spacial score (nSPS) is 18.2. The van der Waals surface area contributed by atoms with E-state index >= 15 is 0 Å². The summed E-state index contributed by atoms with van der Waals surface area (Å²) in [6.45, 7) is 0.430. The molecule has 0 spiro atoms. The SMILES string of the molecule is N#Cc1c(F)cccc1S(=O)(=O)N1CC[C@@H](Oc2ccccc2)C1. The van der Waals surface area contributed by atoms with Gasteiger partial charge >= 0.3 is 0 Å². The lowest BCUT2D eigenvalue weighted by Crippen LogP contribution is -2.31. The van der Waals surface area contributed by atoms with Gasteiger partial charge in [-0.3, -0.25) is 0 Å². The fourth-order valence-electron chi connectivity index (χ4n) is 2.67.